The molecule has 0 aliphatic carbocycles. The highest BCUT2D eigenvalue weighted by Crippen LogP contribution is 2.39. The van der Waals surface area contributed by atoms with E-state index in [0.717, 1.165) is 12.1 Å². The average Bonchev–Trinajstić information content (AvgIpc) is 2.52. The number of carbonyl (C=O) groups is 2. The number of likely N-dealkylation sites (tertiary alicyclic amines) is 1. The Balaban J connectivity index is 2.30. The fourth-order valence-corrected chi connectivity index (χ4v) is 3.21. The van der Waals surface area contributed by atoms with Crippen molar-refractivity contribution in [2.24, 2.45) is 5.41 Å². The maximum absolute atomic E-state index is 12.8. The first-order chi connectivity index (χ1) is 12.2. The fraction of sp³-hybridized carbons (Fsp3) is 0.579. The first-order valence-corrected chi connectivity index (χ1v) is 8.60. The van der Waals surface area contributed by atoms with Crippen LogP contribution < -0.4 is 0 Å². The maximum atomic E-state index is 12.8. The molecule has 2 rings (SSSR count). The monoisotopic (exact) mass is 387 g/mol. The normalized spacial score (nSPS) is 23.8. The summed E-state index contributed by atoms with van der Waals surface area (Å²) >= 11 is 0. The molecule has 0 radical (unpaired) electrons. The molecule has 5 nitrogen and oxygen atoms in total. The molecule has 1 fully saturated rings. The van der Waals surface area contributed by atoms with Crippen LogP contribution in [-0.4, -0.2) is 40.8 Å². The number of amides is 1. The maximum Gasteiger partial charge on any atom is 0.416 e. The molecule has 0 spiro atoms. The number of rotatable bonds is 2. The van der Waals surface area contributed by atoms with Crippen LogP contribution in [0.2, 0.25) is 0 Å². The Bertz CT molecular complexity index is 709. The Morgan fingerprint density at radius 3 is 2.19 bits per heavy atom. The Kier molecular flexibility index (Phi) is 5.50. The Hall–Kier alpha value is -2.25. The van der Waals surface area contributed by atoms with E-state index in [4.69, 9.17) is 4.74 Å². The number of nitrogens with zero attached hydrogens (tertiary/aromatic N) is 1. The standard InChI is InChI=1S/C19H24F3NO4/c1-17(2,3)27-16(26)23-10-13(9-18(4,11-23)15(24)25)12-5-7-14(8-6-12)19(20,21)22/h5-8,13H,9-11H2,1-4H3,(H,24,25). The highest BCUT2D eigenvalue weighted by atomic mass is 19.4. The van der Waals surface area contributed by atoms with Gasteiger partial charge in [-0.15, -0.1) is 0 Å². The number of benzene rings is 1. The number of hydrogen-bond acceptors (Lipinski definition) is 3. The number of hydrogen-bond donors (Lipinski definition) is 1. The van der Waals surface area contributed by atoms with Crippen LogP contribution in [0.1, 0.15) is 51.2 Å². The van der Waals surface area contributed by atoms with Crippen LogP contribution in [0.15, 0.2) is 24.3 Å². The lowest BCUT2D eigenvalue weighted by Crippen LogP contribution is -2.52. The van der Waals surface area contributed by atoms with E-state index in [0.29, 0.717) is 5.56 Å². The SMILES string of the molecule is CC(C)(C)OC(=O)N1CC(c2ccc(C(F)(F)F)cc2)CC(C)(C(=O)O)C1. The third-order valence-electron chi connectivity index (χ3n) is 4.55. The van der Waals surface area contributed by atoms with Crippen molar-refractivity contribution < 1.29 is 32.6 Å². The second kappa shape index (κ2) is 7.05. The second-order valence-electron chi connectivity index (χ2n) is 8.25. The predicted octanol–water partition coefficient (Wildman–Crippen LogP) is 4.52. The van der Waals surface area contributed by atoms with Crippen LogP contribution in [0.5, 0.6) is 0 Å². The van der Waals surface area contributed by atoms with E-state index in [9.17, 15) is 27.9 Å². The molecule has 2 atom stereocenters. The van der Waals surface area contributed by atoms with Gasteiger partial charge in [0.25, 0.3) is 0 Å². The van der Waals surface area contributed by atoms with Crippen molar-refractivity contribution in [3.8, 4) is 0 Å². The van der Waals surface area contributed by atoms with Crippen molar-refractivity contribution in [1.29, 1.82) is 0 Å². The van der Waals surface area contributed by atoms with Gasteiger partial charge in [0.2, 0.25) is 0 Å². The third-order valence-corrected chi connectivity index (χ3v) is 4.55. The Labute approximate surface area is 156 Å². The number of halogens is 3. The van der Waals surface area contributed by atoms with E-state index in [-0.39, 0.29) is 19.5 Å². The lowest BCUT2D eigenvalue weighted by Gasteiger charge is -2.42. The van der Waals surface area contributed by atoms with Crippen molar-refractivity contribution in [1.82, 2.24) is 4.90 Å². The molecular formula is C19H24F3NO4. The predicted molar refractivity (Wildman–Crippen MR) is 92.4 cm³/mol. The van der Waals surface area contributed by atoms with E-state index in [1.165, 1.54) is 24.0 Å². The quantitative estimate of drug-likeness (QED) is 0.810. The molecule has 1 aliphatic heterocycles. The summed E-state index contributed by atoms with van der Waals surface area (Å²) in [6.45, 7) is 6.82. The fourth-order valence-electron chi connectivity index (χ4n) is 3.21. The molecule has 8 heteroatoms. The van der Waals surface area contributed by atoms with Crippen molar-refractivity contribution >= 4 is 12.1 Å². The number of piperidine rings is 1. The minimum atomic E-state index is -4.44. The molecule has 2 unspecified atom stereocenters. The minimum Gasteiger partial charge on any atom is -0.481 e. The molecule has 1 N–H and O–H groups in total. The molecule has 1 heterocycles. The first kappa shape index (κ1) is 21.1. The van der Waals surface area contributed by atoms with Gasteiger partial charge in [-0.25, -0.2) is 4.79 Å². The Morgan fingerprint density at radius 1 is 1.19 bits per heavy atom. The number of aliphatic carboxylic acids is 1. The number of alkyl halides is 3. The van der Waals surface area contributed by atoms with Crippen LogP contribution in [0.25, 0.3) is 0 Å². The first-order valence-electron chi connectivity index (χ1n) is 8.60. The van der Waals surface area contributed by atoms with Crippen molar-refractivity contribution in [2.75, 3.05) is 13.1 Å². The van der Waals surface area contributed by atoms with Gasteiger partial charge in [0.1, 0.15) is 5.60 Å². The van der Waals surface area contributed by atoms with Gasteiger partial charge in [-0.3, -0.25) is 4.79 Å². The largest absolute Gasteiger partial charge is 0.481 e. The second-order valence-corrected chi connectivity index (χ2v) is 8.25. The third kappa shape index (κ3) is 5.14. The van der Waals surface area contributed by atoms with Gasteiger partial charge in [0, 0.05) is 19.0 Å². The van der Waals surface area contributed by atoms with Gasteiger partial charge in [0.15, 0.2) is 0 Å². The highest BCUT2D eigenvalue weighted by molar-refractivity contribution is 5.77. The number of carboxylic acid groups (broad SMARTS) is 1. The molecule has 1 aromatic carbocycles. The number of carboxylic acids is 1. The molecule has 1 saturated heterocycles. The average molecular weight is 387 g/mol. The molecule has 0 aromatic heterocycles. The van der Waals surface area contributed by atoms with E-state index in [1.54, 1.807) is 20.8 Å². The summed E-state index contributed by atoms with van der Waals surface area (Å²) in [6.07, 6.45) is -4.86. The van der Waals surface area contributed by atoms with Gasteiger partial charge >= 0.3 is 18.2 Å². The number of carbonyl (C=O) groups excluding carboxylic acids is 1. The molecule has 1 amide bonds. The van der Waals surface area contributed by atoms with Crippen LogP contribution in [-0.2, 0) is 15.7 Å². The molecular weight excluding hydrogens is 363 g/mol. The molecule has 0 saturated carbocycles. The summed E-state index contributed by atoms with van der Waals surface area (Å²) in [5.41, 5.74) is -2.17. The Morgan fingerprint density at radius 2 is 1.74 bits per heavy atom. The zero-order valence-corrected chi connectivity index (χ0v) is 15.8. The van der Waals surface area contributed by atoms with Gasteiger partial charge < -0.3 is 14.7 Å². The molecule has 0 bridgehead atoms. The van der Waals surface area contributed by atoms with Gasteiger partial charge in [-0.2, -0.15) is 13.2 Å². The van der Waals surface area contributed by atoms with E-state index in [1.807, 2.05) is 0 Å². The van der Waals surface area contributed by atoms with Crippen LogP contribution in [0.4, 0.5) is 18.0 Å². The number of ether oxygens (including phenoxy) is 1. The molecule has 27 heavy (non-hydrogen) atoms. The summed E-state index contributed by atoms with van der Waals surface area (Å²) in [4.78, 5) is 25.5. The van der Waals surface area contributed by atoms with Gasteiger partial charge in [-0.05, 0) is 51.8 Å². The van der Waals surface area contributed by atoms with E-state index in [2.05, 4.69) is 0 Å². The molecule has 1 aromatic rings. The summed E-state index contributed by atoms with van der Waals surface area (Å²) in [5, 5.41) is 9.62. The van der Waals surface area contributed by atoms with Crippen LogP contribution in [0, 0.1) is 5.41 Å². The zero-order valence-electron chi connectivity index (χ0n) is 15.8. The summed E-state index contributed by atoms with van der Waals surface area (Å²) < 4.78 is 43.7. The molecule has 1 aliphatic rings. The lowest BCUT2D eigenvalue weighted by molar-refractivity contribution is -0.151. The van der Waals surface area contributed by atoms with E-state index >= 15 is 0 Å². The van der Waals surface area contributed by atoms with Crippen molar-refractivity contribution in [3.05, 3.63) is 35.4 Å². The summed E-state index contributed by atoms with van der Waals surface area (Å²) in [5.74, 6) is -1.47. The van der Waals surface area contributed by atoms with E-state index < -0.39 is 40.7 Å². The minimum absolute atomic E-state index is 0.0195. The topological polar surface area (TPSA) is 66.8 Å². The van der Waals surface area contributed by atoms with Crippen molar-refractivity contribution in [2.45, 2.75) is 51.8 Å². The summed E-state index contributed by atoms with van der Waals surface area (Å²) in [6, 6.07) is 4.63. The van der Waals surface area contributed by atoms with Gasteiger partial charge in [0.05, 0.1) is 11.0 Å². The van der Waals surface area contributed by atoms with Gasteiger partial charge in [-0.1, -0.05) is 12.1 Å². The highest BCUT2D eigenvalue weighted by Gasteiger charge is 2.45. The van der Waals surface area contributed by atoms with Crippen molar-refractivity contribution in [3.63, 3.8) is 0 Å². The smallest absolute Gasteiger partial charge is 0.416 e. The summed E-state index contributed by atoms with van der Waals surface area (Å²) in [7, 11) is 0. The van der Waals surface area contributed by atoms with Crippen LogP contribution >= 0.6 is 0 Å². The van der Waals surface area contributed by atoms with Crippen LogP contribution in [0.3, 0.4) is 0 Å². The molecule has 150 valence electrons. The lowest BCUT2D eigenvalue weighted by atomic mass is 9.74. The zero-order chi connectivity index (χ0) is 20.6.